The van der Waals surface area contributed by atoms with Gasteiger partial charge in [-0.15, -0.1) is 0 Å². The van der Waals surface area contributed by atoms with Gasteiger partial charge in [-0.1, -0.05) is 29.8 Å². The summed E-state index contributed by atoms with van der Waals surface area (Å²) in [6.07, 6.45) is 0.799. The number of nitriles is 1. The maximum Gasteiger partial charge on any atom is 0.306 e. The second kappa shape index (κ2) is 11.7. The number of ether oxygens (including phenoxy) is 2. The summed E-state index contributed by atoms with van der Waals surface area (Å²) in [7, 11) is 0. The van der Waals surface area contributed by atoms with Crippen LogP contribution in [0.2, 0.25) is 5.02 Å². The van der Waals surface area contributed by atoms with Crippen LogP contribution in [0.3, 0.4) is 0 Å². The number of halogens is 1. The summed E-state index contributed by atoms with van der Waals surface area (Å²) < 4.78 is 10.6. The second-order valence-corrected chi connectivity index (χ2v) is 6.72. The van der Waals surface area contributed by atoms with E-state index in [2.05, 4.69) is 0 Å². The molecule has 1 amide bonds. The van der Waals surface area contributed by atoms with Crippen molar-refractivity contribution < 1.29 is 19.1 Å². The van der Waals surface area contributed by atoms with Gasteiger partial charge < -0.3 is 14.4 Å². The van der Waals surface area contributed by atoms with Gasteiger partial charge >= 0.3 is 5.97 Å². The van der Waals surface area contributed by atoms with Gasteiger partial charge in [0.15, 0.2) is 6.61 Å². The average molecular weight is 415 g/mol. The van der Waals surface area contributed by atoms with E-state index in [9.17, 15) is 9.59 Å². The number of carbonyl (C=O) groups is 2. The fourth-order valence-corrected chi connectivity index (χ4v) is 2.69. The zero-order valence-electron chi connectivity index (χ0n) is 16.3. The van der Waals surface area contributed by atoms with Crippen molar-refractivity contribution in [3.8, 4) is 11.8 Å². The first-order chi connectivity index (χ1) is 14.0. The summed E-state index contributed by atoms with van der Waals surface area (Å²) >= 11 is 6.04. The molecule has 0 fully saturated rings. The predicted molar refractivity (Wildman–Crippen MR) is 111 cm³/mol. The van der Waals surface area contributed by atoms with Crippen molar-refractivity contribution in [2.75, 3.05) is 24.7 Å². The topological polar surface area (TPSA) is 79.6 Å². The molecule has 2 rings (SSSR count). The van der Waals surface area contributed by atoms with Crippen LogP contribution < -0.4 is 9.64 Å². The van der Waals surface area contributed by atoms with E-state index in [0.29, 0.717) is 23.7 Å². The molecule has 0 saturated carbocycles. The molecular weight excluding hydrogens is 392 g/mol. The van der Waals surface area contributed by atoms with Gasteiger partial charge in [0.2, 0.25) is 0 Å². The van der Waals surface area contributed by atoms with E-state index in [1.807, 2.05) is 43.3 Å². The first kappa shape index (κ1) is 22.3. The first-order valence-electron chi connectivity index (χ1n) is 9.28. The highest BCUT2D eigenvalue weighted by molar-refractivity contribution is 6.31. The number of carbonyl (C=O) groups excluding carboxylic acids is 2. The number of hydrogen-bond acceptors (Lipinski definition) is 5. The molecule has 0 unspecified atom stereocenters. The first-order valence-corrected chi connectivity index (χ1v) is 9.66. The summed E-state index contributed by atoms with van der Waals surface area (Å²) in [6, 6.07) is 16.5. The molecule has 2 aromatic carbocycles. The maximum absolute atomic E-state index is 12.5. The number of hydrogen-bond donors (Lipinski definition) is 0. The minimum atomic E-state index is -0.470. The van der Waals surface area contributed by atoms with Crippen LogP contribution in [-0.2, 0) is 14.3 Å². The maximum atomic E-state index is 12.5. The molecule has 152 valence electrons. The van der Waals surface area contributed by atoms with Gasteiger partial charge in [-0.2, -0.15) is 5.26 Å². The molecule has 0 aromatic heterocycles. The predicted octanol–water partition coefficient (Wildman–Crippen LogP) is 4.30. The zero-order chi connectivity index (χ0) is 21.1. The van der Waals surface area contributed by atoms with Crippen molar-refractivity contribution in [2.24, 2.45) is 0 Å². The van der Waals surface area contributed by atoms with E-state index in [1.165, 1.54) is 4.90 Å². The molecule has 0 aliphatic carbocycles. The molecular formula is C22H23ClN2O4. The van der Waals surface area contributed by atoms with Gasteiger partial charge in [-0.25, -0.2) is 0 Å². The van der Waals surface area contributed by atoms with Crippen LogP contribution in [0.25, 0.3) is 0 Å². The summed E-state index contributed by atoms with van der Waals surface area (Å²) in [5.74, 6) is -0.124. The molecule has 0 N–H and O–H groups in total. The minimum absolute atomic E-state index is 0.151. The minimum Gasteiger partial charge on any atom is -0.494 e. The number of benzene rings is 2. The lowest BCUT2D eigenvalue weighted by atomic mass is 10.2. The van der Waals surface area contributed by atoms with Gasteiger partial charge in [0.05, 0.1) is 19.1 Å². The molecule has 0 aliphatic rings. The zero-order valence-corrected chi connectivity index (χ0v) is 17.0. The van der Waals surface area contributed by atoms with Gasteiger partial charge in [0.25, 0.3) is 5.91 Å². The van der Waals surface area contributed by atoms with Crippen LogP contribution in [0.4, 0.5) is 5.69 Å². The van der Waals surface area contributed by atoms with E-state index in [-0.39, 0.29) is 26.0 Å². The molecule has 0 atom stereocenters. The van der Waals surface area contributed by atoms with Gasteiger partial charge in [-0.3, -0.25) is 9.59 Å². The second-order valence-electron chi connectivity index (χ2n) is 6.31. The Bertz CT molecular complexity index is 865. The highest BCUT2D eigenvalue weighted by Gasteiger charge is 2.18. The van der Waals surface area contributed by atoms with Crippen LogP contribution in [0.1, 0.15) is 24.8 Å². The smallest absolute Gasteiger partial charge is 0.306 e. The lowest BCUT2D eigenvalue weighted by molar-refractivity contribution is -0.148. The standard InChI is InChI=1S/C22H23ClN2O4/c1-17-15-18(10-11-20(17)23)25(13-6-12-24)21(26)16-29-22(27)9-5-14-28-19-7-3-2-4-8-19/h2-4,7-8,10-11,15H,5-6,9,13-14,16H2,1H3. The number of amides is 1. The van der Waals surface area contributed by atoms with Crippen LogP contribution >= 0.6 is 11.6 Å². The van der Waals surface area contributed by atoms with Crippen LogP contribution in [0.15, 0.2) is 48.5 Å². The highest BCUT2D eigenvalue weighted by atomic mass is 35.5. The molecule has 0 saturated heterocycles. The third-order valence-corrected chi connectivity index (χ3v) is 4.52. The Morgan fingerprint density at radius 2 is 1.93 bits per heavy atom. The Morgan fingerprint density at radius 1 is 1.17 bits per heavy atom. The fraction of sp³-hybridized carbons (Fsp3) is 0.318. The third-order valence-electron chi connectivity index (χ3n) is 4.10. The fourth-order valence-electron chi connectivity index (χ4n) is 2.57. The van der Waals surface area contributed by atoms with E-state index in [0.717, 1.165) is 11.3 Å². The van der Waals surface area contributed by atoms with E-state index in [4.69, 9.17) is 26.3 Å². The average Bonchev–Trinajstić information content (AvgIpc) is 2.73. The Labute approximate surface area is 175 Å². The Balaban J connectivity index is 1.81. The van der Waals surface area contributed by atoms with Gasteiger partial charge in [0.1, 0.15) is 5.75 Å². The summed E-state index contributed by atoms with van der Waals surface area (Å²) in [4.78, 5) is 25.9. The molecule has 0 spiro atoms. The Morgan fingerprint density at radius 3 is 2.62 bits per heavy atom. The van der Waals surface area contributed by atoms with Crippen molar-refractivity contribution in [2.45, 2.75) is 26.2 Å². The monoisotopic (exact) mass is 414 g/mol. The molecule has 2 aromatic rings. The van der Waals surface area contributed by atoms with Gasteiger partial charge in [-0.05, 0) is 49.2 Å². The summed E-state index contributed by atoms with van der Waals surface area (Å²) in [5.41, 5.74) is 1.42. The molecule has 0 aliphatic heterocycles. The summed E-state index contributed by atoms with van der Waals surface area (Å²) in [5, 5.41) is 9.45. The lowest BCUT2D eigenvalue weighted by Gasteiger charge is -2.22. The van der Waals surface area contributed by atoms with Crippen LogP contribution in [0, 0.1) is 18.3 Å². The number of anilines is 1. The van der Waals surface area contributed by atoms with Crippen molar-refractivity contribution in [1.29, 1.82) is 5.26 Å². The third kappa shape index (κ3) is 7.47. The lowest BCUT2D eigenvalue weighted by Crippen LogP contribution is -2.35. The van der Waals surface area contributed by atoms with Crippen molar-refractivity contribution >= 4 is 29.2 Å². The van der Waals surface area contributed by atoms with Crippen LogP contribution in [-0.4, -0.2) is 31.6 Å². The van der Waals surface area contributed by atoms with Gasteiger partial charge in [0, 0.05) is 23.7 Å². The summed E-state index contributed by atoms with van der Waals surface area (Å²) in [6.45, 7) is 2.03. The number of rotatable bonds is 10. The molecule has 0 bridgehead atoms. The van der Waals surface area contributed by atoms with E-state index in [1.54, 1.807) is 18.2 Å². The Hall–Kier alpha value is -3.04. The van der Waals surface area contributed by atoms with Crippen LogP contribution in [0.5, 0.6) is 5.75 Å². The molecule has 6 nitrogen and oxygen atoms in total. The van der Waals surface area contributed by atoms with E-state index >= 15 is 0 Å². The number of para-hydroxylation sites is 1. The molecule has 29 heavy (non-hydrogen) atoms. The quantitative estimate of drug-likeness (QED) is 0.427. The number of esters is 1. The SMILES string of the molecule is Cc1cc(N(CCC#N)C(=O)COC(=O)CCCOc2ccccc2)ccc1Cl. The van der Waals surface area contributed by atoms with Crippen molar-refractivity contribution in [3.05, 3.63) is 59.1 Å². The number of aryl methyl sites for hydroxylation is 1. The molecule has 0 radical (unpaired) electrons. The largest absolute Gasteiger partial charge is 0.494 e. The molecule has 0 heterocycles. The van der Waals surface area contributed by atoms with Crippen molar-refractivity contribution in [1.82, 2.24) is 0 Å². The molecule has 7 heteroatoms. The van der Waals surface area contributed by atoms with Crippen molar-refractivity contribution in [3.63, 3.8) is 0 Å². The number of nitrogens with zero attached hydrogens (tertiary/aromatic N) is 2. The normalized spacial score (nSPS) is 10.1. The Kier molecular flexibility index (Phi) is 9.00. The van der Waals surface area contributed by atoms with E-state index < -0.39 is 11.9 Å². The highest BCUT2D eigenvalue weighted by Crippen LogP contribution is 2.23.